The van der Waals surface area contributed by atoms with Gasteiger partial charge >= 0.3 is 0 Å². The van der Waals surface area contributed by atoms with Crippen molar-refractivity contribution >= 4 is 33.1 Å². The number of thiophene rings is 1. The maximum absolute atomic E-state index is 12.5. The fourth-order valence-corrected chi connectivity index (χ4v) is 3.89. The summed E-state index contributed by atoms with van der Waals surface area (Å²) in [5.41, 5.74) is 0.647. The first-order valence-corrected chi connectivity index (χ1v) is 9.02. The first-order valence-electron chi connectivity index (χ1n) is 8.14. The normalized spacial score (nSPS) is 15.9. The molecule has 1 aromatic carbocycles. The summed E-state index contributed by atoms with van der Waals surface area (Å²) >= 11 is 1.57. The third-order valence-corrected chi connectivity index (χ3v) is 5.40. The molecular formula is C18H18N4O2S. The zero-order chi connectivity index (χ0) is 17.4. The van der Waals surface area contributed by atoms with Gasteiger partial charge in [0, 0.05) is 20.1 Å². The van der Waals surface area contributed by atoms with E-state index < -0.39 is 0 Å². The fourth-order valence-electron chi connectivity index (χ4n) is 3.12. The topological polar surface area (TPSA) is 58.4 Å². The smallest absolute Gasteiger partial charge is 0.261 e. The standard InChI is InChI=1S/C18H18N4O2S/c1-20-15(19-14-6-3-2-5-13(14)18(20)24)11-21-8-9-22(16(23)12-21)17-7-4-10-25-17/h2-7,10H,8-9,11-12H2,1H3. The lowest BCUT2D eigenvalue weighted by atomic mass is 10.2. The average molecular weight is 354 g/mol. The Morgan fingerprint density at radius 1 is 1.12 bits per heavy atom. The fraction of sp³-hybridized carbons (Fsp3) is 0.278. The van der Waals surface area contributed by atoms with Crippen LogP contribution in [0.15, 0.2) is 46.6 Å². The summed E-state index contributed by atoms with van der Waals surface area (Å²) in [6.07, 6.45) is 0. The number of piperazine rings is 1. The van der Waals surface area contributed by atoms with E-state index >= 15 is 0 Å². The molecule has 1 fully saturated rings. The lowest BCUT2D eigenvalue weighted by Crippen LogP contribution is -2.50. The minimum absolute atomic E-state index is 0.0517. The highest BCUT2D eigenvalue weighted by Gasteiger charge is 2.26. The summed E-state index contributed by atoms with van der Waals surface area (Å²) in [6.45, 7) is 2.23. The first-order chi connectivity index (χ1) is 12.1. The second-order valence-electron chi connectivity index (χ2n) is 6.12. The molecule has 0 saturated carbocycles. The van der Waals surface area contributed by atoms with Crippen molar-refractivity contribution in [3.63, 3.8) is 0 Å². The summed E-state index contributed by atoms with van der Waals surface area (Å²) in [5.74, 6) is 0.764. The van der Waals surface area contributed by atoms with Crippen LogP contribution in [0.1, 0.15) is 5.82 Å². The van der Waals surface area contributed by atoms with E-state index in [9.17, 15) is 9.59 Å². The summed E-state index contributed by atoms with van der Waals surface area (Å²) < 4.78 is 1.58. The molecule has 0 bridgehead atoms. The Morgan fingerprint density at radius 3 is 2.72 bits per heavy atom. The van der Waals surface area contributed by atoms with E-state index in [1.165, 1.54) is 0 Å². The number of anilines is 1. The van der Waals surface area contributed by atoms with Crippen LogP contribution in [0.4, 0.5) is 5.00 Å². The van der Waals surface area contributed by atoms with Crippen LogP contribution in [-0.4, -0.2) is 40.0 Å². The monoisotopic (exact) mass is 354 g/mol. The molecule has 1 aliphatic rings. The Bertz CT molecular complexity index is 980. The van der Waals surface area contributed by atoms with Gasteiger partial charge in [-0.1, -0.05) is 12.1 Å². The van der Waals surface area contributed by atoms with Crippen molar-refractivity contribution < 1.29 is 4.79 Å². The summed E-state index contributed by atoms with van der Waals surface area (Å²) in [5, 5.41) is 3.58. The van der Waals surface area contributed by atoms with Crippen LogP contribution < -0.4 is 10.5 Å². The molecule has 0 radical (unpaired) electrons. The van der Waals surface area contributed by atoms with Crippen molar-refractivity contribution in [1.29, 1.82) is 0 Å². The number of fused-ring (bicyclic) bond motifs is 1. The lowest BCUT2D eigenvalue weighted by molar-refractivity contribution is -0.121. The van der Waals surface area contributed by atoms with Crippen molar-refractivity contribution in [1.82, 2.24) is 14.5 Å². The number of hydrogen-bond acceptors (Lipinski definition) is 5. The Morgan fingerprint density at radius 2 is 1.96 bits per heavy atom. The van der Waals surface area contributed by atoms with Gasteiger partial charge in [-0.2, -0.15) is 0 Å². The minimum atomic E-state index is -0.0517. The van der Waals surface area contributed by atoms with E-state index in [4.69, 9.17) is 0 Å². The van der Waals surface area contributed by atoms with E-state index in [1.807, 2.05) is 45.5 Å². The molecule has 0 spiro atoms. The van der Waals surface area contributed by atoms with Crippen molar-refractivity contribution in [3.8, 4) is 0 Å². The summed E-state index contributed by atoms with van der Waals surface area (Å²) in [6, 6.07) is 11.3. The number of carbonyl (C=O) groups excluding carboxylic acids is 1. The van der Waals surface area contributed by atoms with E-state index in [-0.39, 0.29) is 11.5 Å². The van der Waals surface area contributed by atoms with Crippen LogP contribution in [0.5, 0.6) is 0 Å². The highest BCUT2D eigenvalue weighted by molar-refractivity contribution is 7.14. The van der Waals surface area contributed by atoms with Gasteiger partial charge in [-0.3, -0.25) is 19.1 Å². The van der Waals surface area contributed by atoms with Crippen molar-refractivity contribution in [2.24, 2.45) is 7.05 Å². The van der Waals surface area contributed by atoms with Gasteiger partial charge in [0.2, 0.25) is 5.91 Å². The molecule has 2 aromatic heterocycles. The van der Waals surface area contributed by atoms with Crippen molar-refractivity contribution in [3.05, 3.63) is 58.0 Å². The highest BCUT2D eigenvalue weighted by Crippen LogP contribution is 2.23. The molecule has 0 aliphatic carbocycles. The number of aromatic nitrogens is 2. The Balaban J connectivity index is 1.56. The molecule has 25 heavy (non-hydrogen) atoms. The second kappa shape index (κ2) is 6.42. The number of rotatable bonds is 3. The molecule has 6 nitrogen and oxygen atoms in total. The van der Waals surface area contributed by atoms with E-state index in [1.54, 1.807) is 29.0 Å². The Labute approximate surface area is 148 Å². The van der Waals surface area contributed by atoms with Gasteiger partial charge in [0.25, 0.3) is 5.56 Å². The third kappa shape index (κ3) is 2.96. The summed E-state index contributed by atoms with van der Waals surface area (Å²) in [4.78, 5) is 33.4. The van der Waals surface area contributed by atoms with Crippen LogP contribution in [0.3, 0.4) is 0 Å². The summed E-state index contributed by atoms with van der Waals surface area (Å²) in [7, 11) is 1.74. The third-order valence-electron chi connectivity index (χ3n) is 4.51. The van der Waals surface area contributed by atoms with Gasteiger partial charge in [0.05, 0.1) is 29.0 Å². The van der Waals surface area contributed by atoms with E-state index in [0.717, 1.165) is 11.5 Å². The van der Waals surface area contributed by atoms with Gasteiger partial charge in [-0.25, -0.2) is 4.98 Å². The number of amides is 1. The molecule has 1 amide bonds. The quantitative estimate of drug-likeness (QED) is 0.720. The predicted octanol–water partition coefficient (Wildman–Crippen LogP) is 1.84. The van der Waals surface area contributed by atoms with Gasteiger partial charge in [0.15, 0.2) is 0 Å². The largest absolute Gasteiger partial charge is 0.301 e. The molecule has 128 valence electrons. The van der Waals surface area contributed by atoms with Crippen molar-refractivity contribution in [2.75, 3.05) is 24.5 Å². The zero-order valence-electron chi connectivity index (χ0n) is 13.9. The SMILES string of the molecule is Cn1c(CN2CCN(c3cccs3)C(=O)C2)nc2ccccc2c1=O. The molecular weight excluding hydrogens is 336 g/mol. The second-order valence-corrected chi connectivity index (χ2v) is 7.04. The minimum Gasteiger partial charge on any atom is -0.301 e. The van der Waals surface area contributed by atoms with Crippen LogP contribution in [0.2, 0.25) is 0 Å². The maximum Gasteiger partial charge on any atom is 0.261 e. The molecule has 3 heterocycles. The maximum atomic E-state index is 12.5. The molecule has 3 aromatic rings. The Hall–Kier alpha value is -2.51. The molecule has 0 N–H and O–H groups in total. The predicted molar refractivity (Wildman–Crippen MR) is 98.9 cm³/mol. The lowest BCUT2D eigenvalue weighted by Gasteiger charge is -2.33. The van der Waals surface area contributed by atoms with Gasteiger partial charge in [0.1, 0.15) is 5.82 Å². The molecule has 1 saturated heterocycles. The van der Waals surface area contributed by atoms with Crippen molar-refractivity contribution in [2.45, 2.75) is 6.54 Å². The van der Waals surface area contributed by atoms with Gasteiger partial charge in [-0.05, 0) is 29.6 Å². The Kier molecular flexibility index (Phi) is 4.10. The highest BCUT2D eigenvalue weighted by atomic mass is 32.1. The number of carbonyl (C=O) groups is 1. The number of benzene rings is 1. The average Bonchev–Trinajstić information content (AvgIpc) is 3.14. The number of hydrogen-bond donors (Lipinski definition) is 0. The van der Waals surface area contributed by atoms with E-state index in [2.05, 4.69) is 4.98 Å². The van der Waals surface area contributed by atoms with Gasteiger partial charge < -0.3 is 4.90 Å². The van der Waals surface area contributed by atoms with Crippen LogP contribution in [0, 0.1) is 0 Å². The molecule has 1 aliphatic heterocycles. The zero-order valence-corrected chi connectivity index (χ0v) is 14.7. The molecule has 0 atom stereocenters. The van der Waals surface area contributed by atoms with Crippen LogP contribution in [-0.2, 0) is 18.4 Å². The molecule has 7 heteroatoms. The van der Waals surface area contributed by atoms with E-state index in [0.29, 0.717) is 36.4 Å². The molecule has 0 unspecified atom stereocenters. The van der Waals surface area contributed by atoms with Gasteiger partial charge in [-0.15, -0.1) is 11.3 Å². The molecule has 4 rings (SSSR count). The van der Waals surface area contributed by atoms with Crippen LogP contribution >= 0.6 is 11.3 Å². The first kappa shape index (κ1) is 16.0. The number of para-hydroxylation sites is 1. The van der Waals surface area contributed by atoms with Crippen LogP contribution in [0.25, 0.3) is 10.9 Å². The number of nitrogens with zero attached hydrogens (tertiary/aromatic N) is 4.